The molecule has 0 unspecified atom stereocenters. The summed E-state index contributed by atoms with van der Waals surface area (Å²) in [5, 5.41) is 20.8. The molecule has 316 valence electrons. The van der Waals surface area contributed by atoms with E-state index in [1.54, 1.807) is 23.4 Å². The number of aromatic hydroxyl groups is 2. The van der Waals surface area contributed by atoms with Crippen LogP contribution in [0.25, 0.3) is 11.4 Å². The predicted molar refractivity (Wildman–Crippen MR) is 226 cm³/mol. The number of nitrogens with two attached hydrogens (primary N) is 1. The maximum absolute atomic E-state index is 13.8. The lowest BCUT2D eigenvalue weighted by Crippen LogP contribution is -2.51. The van der Waals surface area contributed by atoms with Crippen LogP contribution in [0.5, 0.6) is 11.5 Å². The Bertz CT molecular complexity index is 2230. The number of aromatic nitrogens is 4. The lowest BCUT2D eigenvalue weighted by molar-refractivity contribution is -0.138. The number of phenols is 2. The van der Waals surface area contributed by atoms with E-state index in [-0.39, 0.29) is 40.8 Å². The average Bonchev–Trinajstić information content (AvgIpc) is 3.70. The quantitative estimate of drug-likeness (QED) is 0.230. The van der Waals surface area contributed by atoms with Crippen LogP contribution >= 0.6 is 0 Å². The van der Waals surface area contributed by atoms with E-state index in [0.717, 1.165) is 119 Å². The van der Waals surface area contributed by atoms with E-state index in [4.69, 9.17) is 20.4 Å². The Balaban J connectivity index is 0.766. The average molecular weight is 817 g/mol. The topological polar surface area (TPSA) is 178 Å². The molecule has 0 radical (unpaired) electrons. The number of piperazine rings is 1. The van der Waals surface area contributed by atoms with E-state index in [1.807, 2.05) is 13.8 Å². The molecule has 2 amide bonds. The molecule has 2 aromatic heterocycles. The number of amides is 2. The first-order chi connectivity index (χ1) is 29.1. The van der Waals surface area contributed by atoms with Crippen molar-refractivity contribution in [1.29, 1.82) is 0 Å². The molecule has 4 aromatic rings. The number of fused-ring (bicyclic) bond motifs is 2. The Labute approximate surface area is 351 Å². The van der Waals surface area contributed by atoms with Crippen molar-refractivity contribution < 1.29 is 24.5 Å². The summed E-state index contributed by atoms with van der Waals surface area (Å²) in [5.74, 6) is 1.77. The number of ether oxygens (including phenoxy) is 1. The summed E-state index contributed by atoms with van der Waals surface area (Å²) in [5.41, 5.74) is 13.1. The van der Waals surface area contributed by atoms with Crippen LogP contribution in [0.2, 0.25) is 0 Å². The molecule has 1 saturated carbocycles. The van der Waals surface area contributed by atoms with Gasteiger partial charge in [-0.25, -0.2) is 19.9 Å². The zero-order chi connectivity index (χ0) is 41.5. The van der Waals surface area contributed by atoms with Gasteiger partial charge in [0.15, 0.2) is 5.82 Å². The first-order valence-electron chi connectivity index (χ1n) is 21.6. The van der Waals surface area contributed by atoms with E-state index in [1.165, 1.54) is 17.2 Å². The second-order valence-electron chi connectivity index (χ2n) is 17.4. The molecule has 1 aliphatic carbocycles. The largest absolute Gasteiger partial charge is 0.508 e. The summed E-state index contributed by atoms with van der Waals surface area (Å²) in [6.07, 6.45) is 8.09. The Morgan fingerprint density at radius 2 is 1.57 bits per heavy atom. The van der Waals surface area contributed by atoms with E-state index in [2.05, 4.69) is 47.8 Å². The van der Waals surface area contributed by atoms with Crippen LogP contribution in [0.3, 0.4) is 0 Å². The first-order valence-corrected chi connectivity index (χ1v) is 21.6. The first kappa shape index (κ1) is 40.0. The van der Waals surface area contributed by atoms with Gasteiger partial charge in [0, 0.05) is 108 Å². The van der Waals surface area contributed by atoms with Crippen molar-refractivity contribution in [2.24, 2.45) is 5.92 Å². The van der Waals surface area contributed by atoms with Gasteiger partial charge in [0.2, 0.25) is 11.9 Å². The fourth-order valence-corrected chi connectivity index (χ4v) is 9.78. The predicted octanol–water partition coefficient (Wildman–Crippen LogP) is 4.30. The van der Waals surface area contributed by atoms with E-state index >= 15 is 0 Å². The van der Waals surface area contributed by atoms with Gasteiger partial charge < -0.3 is 35.4 Å². The van der Waals surface area contributed by atoms with Crippen LogP contribution in [0.4, 0.5) is 11.8 Å². The van der Waals surface area contributed by atoms with Gasteiger partial charge in [-0.15, -0.1) is 0 Å². The Hall–Kier alpha value is -5.38. The van der Waals surface area contributed by atoms with Crippen molar-refractivity contribution in [3.8, 4) is 22.9 Å². The Kier molecular flexibility index (Phi) is 11.3. The van der Waals surface area contributed by atoms with E-state index in [9.17, 15) is 19.8 Å². The van der Waals surface area contributed by atoms with Crippen LogP contribution in [-0.2, 0) is 42.1 Å². The highest BCUT2D eigenvalue weighted by atomic mass is 16.5. The van der Waals surface area contributed by atoms with Gasteiger partial charge in [0.25, 0.3) is 5.91 Å². The molecule has 0 bridgehead atoms. The number of carbonyl (C=O) groups excluding carboxylic acids is 2. The number of morpholine rings is 1. The number of rotatable bonds is 8. The molecule has 4 aliphatic heterocycles. The molecule has 5 aliphatic rings. The second kappa shape index (κ2) is 16.9. The van der Waals surface area contributed by atoms with Crippen molar-refractivity contribution in [1.82, 2.24) is 39.5 Å². The zero-order valence-electron chi connectivity index (χ0n) is 34.7. The Morgan fingerprint density at radius 3 is 2.30 bits per heavy atom. The fourth-order valence-electron chi connectivity index (χ4n) is 9.78. The van der Waals surface area contributed by atoms with Crippen molar-refractivity contribution in [2.75, 3.05) is 69.7 Å². The number of nitrogen functional groups attached to an aromatic ring is 1. The molecule has 0 atom stereocenters. The number of benzene rings is 2. The lowest BCUT2D eigenvalue weighted by Gasteiger charge is -2.41. The molecular formula is C45H56N10O5. The molecule has 9 rings (SSSR count). The smallest absolute Gasteiger partial charge is 0.258 e. The standard InChI is InChI=1S/C45H56N10O5/c1-28(2)36-20-37(40(57)21-39(36)56)44(59)55-25-31-4-3-29(19-32(31)26-55)24-51-11-13-53(14-12-51)43(58)30-5-7-34(8-6-30)54-10-9-35-38(27-54)49-41(33-22-47-45(46)48-23-33)50-42(35)52-15-17-60-18-16-52/h3-4,19-23,28,30,34,56-57H,5-18,24-27H2,1-2H3,(H2,46,47,48). The lowest BCUT2D eigenvalue weighted by atomic mass is 9.83. The van der Waals surface area contributed by atoms with Crippen molar-refractivity contribution in [3.05, 3.63) is 81.8 Å². The number of carbonyl (C=O) groups is 2. The molecule has 3 fully saturated rings. The van der Waals surface area contributed by atoms with Crippen LogP contribution in [0, 0.1) is 5.92 Å². The van der Waals surface area contributed by atoms with Gasteiger partial charge in [0.1, 0.15) is 17.3 Å². The molecule has 2 aromatic carbocycles. The number of hydrogen-bond donors (Lipinski definition) is 3. The number of phenolic OH excluding ortho intramolecular Hbond substituents is 2. The SMILES string of the molecule is CC(C)c1cc(C(=O)N2Cc3ccc(CN4CCN(C(=O)C5CCC(N6CCc7c(nc(-c8cnc(N)nc8)nc7N7CCOCC7)C6)CC5)CC4)cc3C2)c(O)cc1O. The molecule has 15 nitrogen and oxygen atoms in total. The highest BCUT2D eigenvalue weighted by Gasteiger charge is 2.36. The monoisotopic (exact) mass is 816 g/mol. The summed E-state index contributed by atoms with van der Waals surface area (Å²) in [4.78, 5) is 57.0. The van der Waals surface area contributed by atoms with Gasteiger partial charge >= 0.3 is 0 Å². The van der Waals surface area contributed by atoms with Gasteiger partial charge in [-0.3, -0.25) is 19.4 Å². The van der Waals surface area contributed by atoms with E-state index in [0.29, 0.717) is 49.6 Å². The minimum atomic E-state index is -0.243. The summed E-state index contributed by atoms with van der Waals surface area (Å²) >= 11 is 0. The van der Waals surface area contributed by atoms with Crippen LogP contribution in [-0.4, -0.2) is 127 Å². The third kappa shape index (κ3) is 8.22. The minimum Gasteiger partial charge on any atom is -0.508 e. The van der Waals surface area contributed by atoms with Crippen molar-refractivity contribution in [3.63, 3.8) is 0 Å². The normalized spacial score (nSPS) is 21.3. The summed E-state index contributed by atoms with van der Waals surface area (Å²) in [6.45, 7) is 13.4. The molecule has 15 heteroatoms. The third-order valence-electron chi connectivity index (χ3n) is 13.2. The second-order valence-corrected chi connectivity index (χ2v) is 17.4. The van der Waals surface area contributed by atoms with Crippen LogP contribution in [0.15, 0.2) is 42.7 Å². The van der Waals surface area contributed by atoms with Gasteiger partial charge in [-0.05, 0) is 66.3 Å². The molecule has 0 spiro atoms. The molecule has 6 heterocycles. The minimum absolute atomic E-state index is 0.000668. The third-order valence-corrected chi connectivity index (χ3v) is 13.2. The zero-order valence-corrected chi connectivity index (χ0v) is 34.7. The highest BCUT2D eigenvalue weighted by Crippen LogP contribution is 2.37. The van der Waals surface area contributed by atoms with Crippen LogP contribution < -0.4 is 10.6 Å². The van der Waals surface area contributed by atoms with Crippen molar-refractivity contribution >= 4 is 23.6 Å². The molecular weight excluding hydrogens is 761 g/mol. The van der Waals surface area contributed by atoms with Crippen molar-refractivity contribution in [2.45, 2.75) is 84.1 Å². The number of anilines is 2. The Morgan fingerprint density at radius 1 is 0.833 bits per heavy atom. The molecule has 2 saturated heterocycles. The van der Waals surface area contributed by atoms with E-state index < -0.39 is 0 Å². The van der Waals surface area contributed by atoms with Gasteiger partial charge in [-0.1, -0.05) is 32.0 Å². The van der Waals surface area contributed by atoms with Gasteiger partial charge in [0.05, 0.1) is 30.0 Å². The summed E-state index contributed by atoms with van der Waals surface area (Å²) in [6, 6.07) is 9.75. The maximum atomic E-state index is 13.8. The molecule has 4 N–H and O–H groups in total. The summed E-state index contributed by atoms with van der Waals surface area (Å²) < 4.78 is 5.65. The number of hydrogen-bond acceptors (Lipinski definition) is 13. The molecule has 60 heavy (non-hydrogen) atoms. The maximum Gasteiger partial charge on any atom is 0.258 e. The highest BCUT2D eigenvalue weighted by molar-refractivity contribution is 5.97. The van der Waals surface area contributed by atoms with Gasteiger partial charge in [-0.2, -0.15) is 0 Å². The van der Waals surface area contributed by atoms with Crippen LogP contribution in [0.1, 0.15) is 89.3 Å². The fraction of sp³-hybridized carbons (Fsp3) is 0.511. The summed E-state index contributed by atoms with van der Waals surface area (Å²) in [7, 11) is 0. The number of nitrogens with zero attached hydrogens (tertiary/aromatic N) is 9.